The van der Waals surface area contributed by atoms with Gasteiger partial charge in [0.05, 0.1) is 5.41 Å². The molecule has 0 bridgehead atoms. The van der Waals surface area contributed by atoms with Crippen LogP contribution in [-0.4, -0.2) is 32.0 Å². The number of fused-ring (bicyclic) bond motifs is 2. The molecule has 1 aliphatic carbocycles. The van der Waals surface area contributed by atoms with E-state index in [1.54, 1.807) is 0 Å². The van der Waals surface area contributed by atoms with E-state index in [1.165, 1.54) is 43.3 Å². The summed E-state index contributed by atoms with van der Waals surface area (Å²) in [7, 11) is 0. The van der Waals surface area contributed by atoms with Gasteiger partial charge in [0.15, 0.2) is 11.6 Å². The topological polar surface area (TPSA) is 76.0 Å². The molecule has 0 fully saturated rings. The number of carbonyl (C=O) groups excluding carboxylic acids is 1. The monoisotopic (exact) mass is 961 g/mol. The van der Waals surface area contributed by atoms with Gasteiger partial charge in [-0.1, -0.05) is 119 Å². The van der Waals surface area contributed by atoms with E-state index < -0.39 is 17.0 Å². The van der Waals surface area contributed by atoms with Crippen molar-refractivity contribution < 1.29 is 43.2 Å². The van der Waals surface area contributed by atoms with Crippen molar-refractivity contribution in [3.05, 3.63) is 101 Å². The first kappa shape index (κ1) is 47.7. The molecular formula is C48H61F3IrN3O2-. The summed E-state index contributed by atoms with van der Waals surface area (Å²) in [6.07, 6.45) is 7.18. The van der Waals surface area contributed by atoms with E-state index in [9.17, 15) is 23.1 Å². The quantitative estimate of drug-likeness (QED) is 0.0921. The largest absolute Gasteiger partial charge is 0.512 e. The Labute approximate surface area is 352 Å². The smallest absolute Gasteiger partial charge is 0.394 e. The number of nitrogens with zero attached hydrogens (tertiary/aromatic N) is 3. The number of halogens is 3. The number of carbonyl (C=O) groups is 1. The molecular weight excluding hydrogens is 900 g/mol. The van der Waals surface area contributed by atoms with E-state index in [2.05, 4.69) is 81.0 Å². The minimum Gasteiger partial charge on any atom is -0.512 e. The van der Waals surface area contributed by atoms with Crippen molar-refractivity contribution >= 4 is 28.2 Å². The zero-order valence-corrected chi connectivity index (χ0v) is 38.4. The molecule has 311 valence electrons. The first-order chi connectivity index (χ1) is 25.9. The predicted octanol–water partition coefficient (Wildman–Crippen LogP) is 13.4. The summed E-state index contributed by atoms with van der Waals surface area (Å²) in [5.41, 5.74) is 3.48. The van der Waals surface area contributed by atoms with Crippen LogP contribution >= 0.6 is 0 Å². The van der Waals surface area contributed by atoms with Crippen molar-refractivity contribution in [2.24, 2.45) is 16.2 Å². The molecule has 2 aromatic carbocycles. The van der Waals surface area contributed by atoms with Crippen molar-refractivity contribution in [1.82, 2.24) is 15.0 Å². The number of allylic oxidation sites excluding steroid dienone is 3. The molecule has 0 saturated heterocycles. The first-order valence-corrected chi connectivity index (χ1v) is 19.9. The first-order valence-electron chi connectivity index (χ1n) is 19.9. The van der Waals surface area contributed by atoms with Crippen molar-refractivity contribution in [1.29, 1.82) is 0 Å². The molecule has 1 aliphatic rings. The van der Waals surface area contributed by atoms with Gasteiger partial charge in [0.1, 0.15) is 5.76 Å². The fourth-order valence-electron chi connectivity index (χ4n) is 7.13. The standard InChI is InChI=1S/C33H33F3N3.C15H28O2.Ir/c1-30(2,3)25-16-23(14-21-10-8-9-11-24(21)25)28-27-22(12-13-37-28)15-26(32(27,6)7)29-38-18-20(19-39-29)17-31(4,5)33(34,35)36;1-7-14(5,8-2)12(16)11-13(17)15(6,9-3)10-4;/h8-13,15-16,18-19H,17H2,1-7H3;11,16H,7-10H2,1-6H3;/q-1;;/b;12-11-;. The third-order valence-corrected chi connectivity index (χ3v) is 12.4. The predicted molar refractivity (Wildman–Crippen MR) is 224 cm³/mol. The Hall–Kier alpha value is -3.68. The number of aromatic nitrogens is 3. The Bertz CT molecular complexity index is 2100. The second-order valence-corrected chi connectivity index (χ2v) is 18.1. The fourth-order valence-corrected chi connectivity index (χ4v) is 7.13. The van der Waals surface area contributed by atoms with E-state index >= 15 is 0 Å². The number of benzene rings is 2. The molecule has 9 heteroatoms. The van der Waals surface area contributed by atoms with Gasteiger partial charge >= 0.3 is 6.18 Å². The average molecular weight is 961 g/mol. The SMILES string of the molecule is CC(C)(C)c1cc(-c2nccc3c2C(C)(C)C(c2ncc(CC(C)(C)C(F)(F)F)cn2)=C3)[c-]c2ccccc12.CCC(C)(CC)C(=O)/C=C(\O)C(C)(CC)CC.[Ir]. The van der Waals surface area contributed by atoms with Crippen LogP contribution < -0.4 is 0 Å². The molecule has 1 N–H and O–H groups in total. The third-order valence-electron chi connectivity index (χ3n) is 12.4. The van der Waals surface area contributed by atoms with Crippen LogP contribution in [0.25, 0.3) is 33.7 Å². The van der Waals surface area contributed by atoms with Crippen LogP contribution in [0.2, 0.25) is 0 Å². The molecule has 0 unspecified atom stereocenters. The Morgan fingerprint density at radius 1 is 0.842 bits per heavy atom. The van der Waals surface area contributed by atoms with Crippen molar-refractivity contribution in [2.45, 2.75) is 139 Å². The maximum atomic E-state index is 13.4. The molecule has 1 radical (unpaired) electrons. The summed E-state index contributed by atoms with van der Waals surface area (Å²) >= 11 is 0. The van der Waals surface area contributed by atoms with Crippen LogP contribution in [0.3, 0.4) is 0 Å². The van der Waals surface area contributed by atoms with Gasteiger partial charge in [-0.2, -0.15) is 13.2 Å². The van der Waals surface area contributed by atoms with E-state index in [4.69, 9.17) is 4.98 Å². The molecule has 0 saturated carbocycles. The molecule has 2 heterocycles. The molecule has 0 amide bonds. The minimum atomic E-state index is -4.31. The van der Waals surface area contributed by atoms with Crippen molar-refractivity contribution in [2.75, 3.05) is 0 Å². The van der Waals surface area contributed by atoms with Crippen LogP contribution in [0.15, 0.2) is 66.8 Å². The number of aliphatic hydroxyl groups excluding tert-OH is 1. The number of alkyl halides is 3. The molecule has 57 heavy (non-hydrogen) atoms. The summed E-state index contributed by atoms with van der Waals surface area (Å²) in [6, 6.07) is 16.1. The van der Waals surface area contributed by atoms with Gasteiger partial charge < -0.3 is 5.11 Å². The second kappa shape index (κ2) is 17.7. The molecule has 5 nitrogen and oxygen atoms in total. The van der Waals surface area contributed by atoms with Gasteiger partial charge in [0.2, 0.25) is 0 Å². The molecule has 0 spiro atoms. The summed E-state index contributed by atoms with van der Waals surface area (Å²) in [6.45, 7) is 25.3. The summed E-state index contributed by atoms with van der Waals surface area (Å²) in [5, 5.41) is 12.4. The average Bonchev–Trinajstić information content (AvgIpc) is 3.43. The molecule has 0 atom stereocenters. The minimum absolute atomic E-state index is 0. The number of hydrogen-bond acceptors (Lipinski definition) is 5. The van der Waals surface area contributed by atoms with Gasteiger partial charge in [-0.3, -0.25) is 9.78 Å². The number of ketones is 1. The number of rotatable bonds is 11. The summed E-state index contributed by atoms with van der Waals surface area (Å²) in [5.74, 6) is 0.794. The van der Waals surface area contributed by atoms with E-state index in [-0.39, 0.29) is 54.3 Å². The molecule has 2 aromatic heterocycles. The number of aliphatic hydroxyl groups is 1. The Morgan fingerprint density at radius 3 is 1.93 bits per heavy atom. The fraction of sp³-hybridized carbons (Fsp3) is 0.500. The second-order valence-electron chi connectivity index (χ2n) is 18.1. The Kier molecular flexibility index (Phi) is 14.8. The molecule has 0 aliphatic heterocycles. The van der Waals surface area contributed by atoms with Crippen LogP contribution in [0.4, 0.5) is 13.2 Å². The molecule has 4 aromatic rings. The van der Waals surface area contributed by atoms with Crippen molar-refractivity contribution in [3.63, 3.8) is 0 Å². The van der Waals surface area contributed by atoms with Gasteiger partial charge in [-0.05, 0) is 66.4 Å². The van der Waals surface area contributed by atoms with Gasteiger partial charge in [0, 0.05) is 72.3 Å². The van der Waals surface area contributed by atoms with E-state index in [0.29, 0.717) is 11.4 Å². The Morgan fingerprint density at radius 2 is 1.40 bits per heavy atom. The van der Waals surface area contributed by atoms with Crippen molar-refractivity contribution in [3.8, 4) is 11.3 Å². The number of hydrogen-bond donors (Lipinski definition) is 1. The zero-order valence-electron chi connectivity index (χ0n) is 36.1. The van der Waals surface area contributed by atoms with Crippen LogP contribution in [-0.2, 0) is 42.2 Å². The summed E-state index contributed by atoms with van der Waals surface area (Å²) in [4.78, 5) is 26.1. The third kappa shape index (κ3) is 9.96. The van der Waals surface area contributed by atoms with E-state index in [0.717, 1.165) is 59.0 Å². The normalized spacial score (nSPS) is 14.7. The maximum Gasteiger partial charge on any atom is 0.394 e. The maximum absolute atomic E-state index is 13.4. The summed E-state index contributed by atoms with van der Waals surface area (Å²) < 4.78 is 40.2. The molecule has 5 rings (SSSR count). The van der Waals surface area contributed by atoms with Crippen LogP contribution in [0, 0.1) is 22.3 Å². The van der Waals surface area contributed by atoms with Crippen LogP contribution in [0.5, 0.6) is 0 Å². The zero-order chi connectivity index (χ0) is 42.1. The Balaban J connectivity index is 0.000000411. The van der Waals surface area contributed by atoms with Gasteiger partial charge in [0.25, 0.3) is 0 Å². The van der Waals surface area contributed by atoms with Crippen LogP contribution in [0.1, 0.15) is 144 Å². The van der Waals surface area contributed by atoms with E-state index in [1.807, 2.05) is 59.9 Å². The number of pyridine rings is 1. The van der Waals surface area contributed by atoms with Gasteiger partial charge in [-0.25, -0.2) is 9.97 Å². The van der Waals surface area contributed by atoms with Gasteiger partial charge in [-0.15, -0.1) is 29.1 Å².